The average molecular weight is 222 g/mol. The Bertz CT molecular complexity index is 175. The summed E-state index contributed by atoms with van der Waals surface area (Å²) in [5.74, 6) is -8.74. The minimum Gasteiger partial charge on any atom is -0.543 e. The van der Waals surface area contributed by atoms with Crippen molar-refractivity contribution in [3.05, 3.63) is 0 Å². The molecule has 0 aromatic carbocycles. The van der Waals surface area contributed by atoms with Crippen LogP contribution >= 0.6 is 0 Å². The van der Waals surface area contributed by atoms with Crippen molar-refractivity contribution in [1.29, 1.82) is 0 Å². The van der Waals surface area contributed by atoms with E-state index in [0.717, 1.165) is 0 Å². The van der Waals surface area contributed by atoms with Crippen molar-refractivity contribution >= 4 is 23.9 Å². The number of hydrogen-bond donors (Lipinski definition) is 0. The Morgan fingerprint density at radius 3 is 0.571 bits per heavy atom. The van der Waals surface area contributed by atoms with E-state index in [1.54, 1.807) is 0 Å². The summed E-state index contributed by atoms with van der Waals surface area (Å²) in [7, 11) is 0. The van der Waals surface area contributed by atoms with Crippen molar-refractivity contribution < 1.29 is 98.7 Å². The Hall–Kier alpha value is -0.120. The minimum absolute atomic E-state index is 0. The van der Waals surface area contributed by atoms with Crippen LogP contribution in [0.25, 0.3) is 0 Å². The topological polar surface area (TPSA) is 161 Å². The molecule has 0 aromatic heterocycles. The molecule has 0 N–H and O–H groups in total. The van der Waals surface area contributed by atoms with Gasteiger partial charge in [-0.15, -0.1) is 0 Å². The van der Waals surface area contributed by atoms with E-state index in [-0.39, 0.29) is 59.1 Å². The van der Waals surface area contributed by atoms with Crippen LogP contribution in [0.15, 0.2) is 0 Å². The third-order valence-electron chi connectivity index (χ3n) is 0.333. The monoisotopic (exact) mass is 222 g/mol. The maximum Gasteiger partial charge on any atom is 1.00 e. The van der Waals surface area contributed by atoms with E-state index in [1.165, 1.54) is 0 Å². The second kappa shape index (κ2) is 12.9. The smallest absolute Gasteiger partial charge is 0.543 e. The maximum atomic E-state index is 8.93. The van der Waals surface area contributed by atoms with Crippen molar-refractivity contribution in [2.75, 3.05) is 0 Å². The van der Waals surface area contributed by atoms with Gasteiger partial charge in [0.1, 0.15) is 0 Å². The zero-order chi connectivity index (χ0) is 10.3. The van der Waals surface area contributed by atoms with E-state index in [9.17, 15) is 0 Å². The molecule has 0 amide bonds. The number of hydrogen-bond acceptors (Lipinski definition) is 8. The predicted molar refractivity (Wildman–Crippen MR) is 20.0 cm³/mol. The molecular weight excluding hydrogens is 222 g/mol. The third kappa shape index (κ3) is 22.6. The molecule has 0 atom stereocenters. The molecule has 0 fully saturated rings. The largest absolute Gasteiger partial charge is 1.00 e. The van der Waals surface area contributed by atoms with Gasteiger partial charge in [0.15, 0.2) is 0 Å². The maximum absolute atomic E-state index is 8.93. The Labute approximate surface area is 121 Å². The van der Waals surface area contributed by atoms with E-state index in [2.05, 4.69) is 0 Å². The fourth-order valence-electron chi connectivity index (χ4n) is 0. The van der Waals surface area contributed by atoms with Gasteiger partial charge in [0, 0.05) is 0 Å². The Morgan fingerprint density at radius 1 is 0.500 bits per heavy atom. The summed E-state index contributed by atoms with van der Waals surface area (Å²) in [5, 5.41) is 35.7. The molecule has 0 saturated carbocycles. The number of aliphatic carboxylic acids is 4. The SMILES string of the molecule is O=C([O-])C(=O)[O-].O=C([O-])C(=O)[O-].[Na+].[Na+]. The van der Waals surface area contributed by atoms with Crippen molar-refractivity contribution in [3.8, 4) is 0 Å². The number of carbonyl (C=O) groups is 4. The molecule has 0 spiro atoms. The Kier molecular flexibility index (Phi) is 21.7. The normalized spacial score (nSPS) is 6.29. The molecule has 10 heteroatoms. The van der Waals surface area contributed by atoms with Crippen LogP contribution in [0.5, 0.6) is 0 Å². The average Bonchev–Trinajstić information content (AvgIpc) is 1.88. The van der Waals surface area contributed by atoms with Crippen LogP contribution in [0.1, 0.15) is 0 Å². The van der Waals surface area contributed by atoms with Gasteiger partial charge in [0.05, 0.1) is 23.9 Å². The number of carbonyl (C=O) groups excluding carboxylic acids is 4. The summed E-state index contributed by atoms with van der Waals surface area (Å²) < 4.78 is 0. The first-order valence-corrected chi connectivity index (χ1v) is 2.13. The van der Waals surface area contributed by atoms with E-state index in [0.29, 0.717) is 0 Å². The molecule has 14 heavy (non-hydrogen) atoms. The first-order valence-electron chi connectivity index (χ1n) is 2.13. The van der Waals surface area contributed by atoms with Crippen molar-refractivity contribution in [1.82, 2.24) is 0 Å². The second-order valence-electron chi connectivity index (χ2n) is 1.15. The Morgan fingerprint density at radius 2 is 0.571 bits per heavy atom. The van der Waals surface area contributed by atoms with E-state index in [1.807, 2.05) is 0 Å². The number of carboxylic acids is 4. The molecule has 0 aliphatic carbocycles. The van der Waals surface area contributed by atoms with Gasteiger partial charge in [0.2, 0.25) is 0 Å². The predicted octanol–water partition coefficient (Wildman–Crippen LogP) is -13.0. The van der Waals surface area contributed by atoms with Gasteiger partial charge in [-0.2, -0.15) is 0 Å². The number of rotatable bonds is 0. The fourth-order valence-corrected chi connectivity index (χ4v) is 0. The molecule has 0 aliphatic rings. The third-order valence-corrected chi connectivity index (χ3v) is 0.333. The molecule has 0 radical (unpaired) electrons. The fraction of sp³-hybridized carbons (Fsp3) is 0. The van der Waals surface area contributed by atoms with Crippen LogP contribution < -0.4 is 79.5 Å². The molecule has 0 aromatic rings. The van der Waals surface area contributed by atoms with Crippen LogP contribution in [-0.4, -0.2) is 23.9 Å². The van der Waals surface area contributed by atoms with E-state index < -0.39 is 23.9 Å². The van der Waals surface area contributed by atoms with Crippen LogP contribution in [-0.2, 0) is 19.2 Å². The van der Waals surface area contributed by atoms with Crippen molar-refractivity contribution in [2.45, 2.75) is 0 Å². The molecule has 0 saturated heterocycles. The molecule has 0 bridgehead atoms. The first-order chi connectivity index (χ1) is 5.29. The molecule has 68 valence electrons. The van der Waals surface area contributed by atoms with Gasteiger partial charge in [-0.3, -0.25) is 0 Å². The summed E-state index contributed by atoms with van der Waals surface area (Å²) in [6.07, 6.45) is 0. The Balaban J connectivity index is -0.0000000625. The first kappa shape index (κ1) is 23.6. The van der Waals surface area contributed by atoms with Crippen molar-refractivity contribution in [2.24, 2.45) is 0 Å². The summed E-state index contributed by atoms with van der Waals surface area (Å²) in [5.41, 5.74) is 0. The quantitative estimate of drug-likeness (QED) is 0.288. The minimum atomic E-state index is -2.19. The van der Waals surface area contributed by atoms with Gasteiger partial charge in [-0.1, -0.05) is 0 Å². The summed E-state index contributed by atoms with van der Waals surface area (Å²) in [6.45, 7) is 0. The molecule has 0 heterocycles. The summed E-state index contributed by atoms with van der Waals surface area (Å²) in [4.78, 5) is 35.7. The molecular formula is C4Na2O8-2. The van der Waals surface area contributed by atoms with Crippen LogP contribution in [0.4, 0.5) is 0 Å². The van der Waals surface area contributed by atoms with Gasteiger partial charge in [-0.05, 0) is 0 Å². The van der Waals surface area contributed by atoms with E-state index >= 15 is 0 Å². The number of carboxylic acid groups (broad SMARTS) is 4. The van der Waals surface area contributed by atoms with Gasteiger partial charge in [-0.25, -0.2) is 0 Å². The molecule has 0 unspecified atom stereocenters. The summed E-state index contributed by atoms with van der Waals surface area (Å²) in [6, 6.07) is 0. The second-order valence-corrected chi connectivity index (χ2v) is 1.15. The molecule has 0 rings (SSSR count). The van der Waals surface area contributed by atoms with Gasteiger partial charge in [0.25, 0.3) is 0 Å². The van der Waals surface area contributed by atoms with Crippen LogP contribution in [0.2, 0.25) is 0 Å². The molecule has 8 nitrogen and oxygen atoms in total. The van der Waals surface area contributed by atoms with Gasteiger partial charge < -0.3 is 39.6 Å². The zero-order valence-corrected chi connectivity index (χ0v) is 11.3. The summed E-state index contributed by atoms with van der Waals surface area (Å²) >= 11 is 0. The molecule has 0 aliphatic heterocycles. The van der Waals surface area contributed by atoms with Crippen LogP contribution in [0, 0.1) is 0 Å². The zero-order valence-electron chi connectivity index (χ0n) is 7.27. The standard InChI is InChI=1S/2C2H2O4.2Na/c2*3-1(4)2(5)6;;/h2*(H,3,4)(H,5,6);;/q;;2*+1/p-4. The van der Waals surface area contributed by atoms with E-state index in [4.69, 9.17) is 39.6 Å². The van der Waals surface area contributed by atoms with Crippen LogP contribution in [0.3, 0.4) is 0 Å². The van der Waals surface area contributed by atoms with Gasteiger partial charge >= 0.3 is 59.1 Å². The van der Waals surface area contributed by atoms with Crippen molar-refractivity contribution in [3.63, 3.8) is 0 Å².